The van der Waals surface area contributed by atoms with Crippen LogP contribution in [-0.4, -0.2) is 12.2 Å². The molecule has 9 heavy (non-hydrogen) atoms. The van der Waals surface area contributed by atoms with Crippen molar-refractivity contribution in [2.75, 3.05) is 6.61 Å². The third kappa shape index (κ3) is 1.98. The lowest BCUT2D eigenvalue weighted by Crippen LogP contribution is -2.32. The van der Waals surface area contributed by atoms with Gasteiger partial charge in [-0.25, -0.2) is 0 Å². The average molecular weight is 128 g/mol. The van der Waals surface area contributed by atoms with Gasteiger partial charge in [-0.1, -0.05) is 6.92 Å². The van der Waals surface area contributed by atoms with Gasteiger partial charge in [0.05, 0.1) is 5.60 Å². The third-order valence-corrected chi connectivity index (χ3v) is 1.94. The molecule has 1 heterocycles. The first-order valence-electron chi connectivity index (χ1n) is 3.74. The fraction of sp³-hybridized carbons (Fsp3) is 1.00. The predicted molar refractivity (Wildman–Crippen MR) is 38.4 cm³/mol. The molecule has 0 amide bonds. The summed E-state index contributed by atoms with van der Waals surface area (Å²) in [7, 11) is 0. The van der Waals surface area contributed by atoms with Crippen molar-refractivity contribution in [1.29, 1.82) is 0 Å². The van der Waals surface area contributed by atoms with Gasteiger partial charge in [0.2, 0.25) is 0 Å². The zero-order valence-corrected chi connectivity index (χ0v) is 6.61. The van der Waals surface area contributed by atoms with Crippen LogP contribution >= 0.6 is 0 Å². The largest absolute Gasteiger partial charge is 0.376 e. The summed E-state index contributed by atoms with van der Waals surface area (Å²) in [5, 5.41) is 0. The van der Waals surface area contributed by atoms with Gasteiger partial charge in [-0.05, 0) is 32.6 Å². The molecule has 1 unspecified atom stereocenters. The second-order valence-electron chi connectivity index (χ2n) is 3.71. The highest BCUT2D eigenvalue weighted by molar-refractivity contribution is 4.75. The molecule has 1 aliphatic rings. The van der Waals surface area contributed by atoms with Gasteiger partial charge < -0.3 is 4.74 Å². The van der Waals surface area contributed by atoms with E-state index in [0.29, 0.717) is 0 Å². The van der Waals surface area contributed by atoms with Crippen molar-refractivity contribution in [2.24, 2.45) is 5.92 Å². The highest BCUT2D eigenvalue weighted by atomic mass is 16.5. The molecule has 0 aromatic heterocycles. The van der Waals surface area contributed by atoms with E-state index in [0.717, 1.165) is 12.5 Å². The maximum atomic E-state index is 5.54. The molecule has 0 aromatic rings. The molecule has 0 aliphatic carbocycles. The minimum Gasteiger partial charge on any atom is -0.376 e. The number of hydrogen-bond acceptors (Lipinski definition) is 1. The molecule has 0 aromatic carbocycles. The van der Waals surface area contributed by atoms with Crippen LogP contribution in [0.15, 0.2) is 0 Å². The Labute approximate surface area is 57.4 Å². The Morgan fingerprint density at radius 3 is 2.44 bits per heavy atom. The minimum atomic E-state index is 0.150. The van der Waals surface area contributed by atoms with Crippen LogP contribution in [0.4, 0.5) is 0 Å². The van der Waals surface area contributed by atoms with Gasteiger partial charge in [-0.15, -0.1) is 0 Å². The van der Waals surface area contributed by atoms with Gasteiger partial charge in [0.25, 0.3) is 0 Å². The van der Waals surface area contributed by atoms with E-state index < -0.39 is 0 Å². The quantitative estimate of drug-likeness (QED) is 0.486. The molecular weight excluding hydrogens is 112 g/mol. The Bertz CT molecular complexity index is 96.7. The van der Waals surface area contributed by atoms with Crippen LogP contribution in [0.5, 0.6) is 0 Å². The highest BCUT2D eigenvalue weighted by Crippen LogP contribution is 2.27. The Morgan fingerprint density at radius 1 is 1.44 bits per heavy atom. The molecule has 1 rings (SSSR count). The summed E-state index contributed by atoms with van der Waals surface area (Å²) in [6.07, 6.45) is 2.45. The van der Waals surface area contributed by atoms with Crippen LogP contribution < -0.4 is 0 Å². The summed E-state index contributed by atoms with van der Waals surface area (Å²) in [6.45, 7) is 7.59. The summed E-state index contributed by atoms with van der Waals surface area (Å²) < 4.78 is 5.54. The highest BCUT2D eigenvalue weighted by Gasteiger charge is 2.25. The Morgan fingerprint density at radius 2 is 2.11 bits per heavy atom. The van der Waals surface area contributed by atoms with Gasteiger partial charge in [-0.2, -0.15) is 0 Å². The van der Waals surface area contributed by atoms with E-state index in [2.05, 4.69) is 20.8 Å². The van der Waals surface area contributed by atoms with E-state index in [4.69, 9.17) is 4.74 Å². The molecule has 1 nitrogen and oxygen atoms in total. The van der Waals surface area contributed by atoms with E-state index >= 15 is 0 Å². The van der Waals surface area contributed by atoms with Crippen molar-refractivity contribution in [1.82, 2.24) is 0 Å². The zero-order valence-electron chi connectivity index (χ0n) is 6.61. The van der Waals surface area contributed by atoms with Gasteiger partial charge in [0, 0.05) is 6.61 Å². The Kier molecular flexibility index (Phi) is 1.80. The molecule has 1 saturated heterocycles. The molecule has 1 fully saturated rings. The van der Waals surface area contributed by atoms with E-state index in [9.17, 15) is 0 Å². The average Bonchev–Trinajstić information content (AvgIpc) is 1.60. The van der Waals surface area contributed by atoms with Crippen LogP contribution in [-0.2, 0) is 4.74 Å². The smallest absolute Gasteiger partial charge is 0.0629 e. The lowest BCUT2D eigenvalue weighted by molar-refractivity contribution is -0.0690. The number of hydrogen-bond donors (Lipinski definition) is 0. The van der Waals surface area contributed by atoms with Crippen molar-refractivity contribution in [3.63, 3.8) is 0 Å². The molecule has 0 saturated carbocycles. The van der Waals surface area contributed by atoms with Crippen LogP contribution in [0.1, 0.15) is 33.6 Å². The summed E-state index contributed by atoms with van der Waals surface area (Å²) in [5.41, 5.74) is 0.150. The van der Waals surface area contributed by atoms with Gasteiger partial charge in [-0.3, -0.25) is 0 Å². The molecule has 0 N–H and O–H groups in total. The van der Waals surface area contributed by atoms with Crippen molar-refractivity contribution in [3.8, 4) is 0 Å². The van der Waals surface area contributed by atoms with Crippen molar-refractivity contribution >= 4 is 0 Å². The zero-order chi connectivity index (χ0) is 6.91. The van der Waals surface area contributed by atoms with Gasteiger partial charge >= 0.3 is 0 Å². The fourth-order valence-corrected chi connectivity index (χ4v) is 1.54. The maximum Gasteiger partial charge on any atom is 0.0629 e. The van der Waals surface area contributed by atoms with Crippen molar-refractivity contribution in [2.45, 2.75) is 39.2 Å². The summed E-state index contributed by atoms with van der Waals surface area (Å²) >= 11 is 0. The molecule has 0 spiro atoms. The summed E-state index contributed by atoms with van der Waals surface area (Å²) in [6, 6.07) is 0. The molecule has 1 atom stereocenters. The second-order valence-corrected chi connectivity index (χ2v) is 3.71. The lowest BCUT2D eigenvalue weighted by Gasteiger charge is -2.33. The standard InChI is InChI=1S/C8H16O/c1-7-4-5-9-8(2,3)6-7/h7H,4-6H2,1-3H3. The van der Waals surface area contributed by atoms with E-state index in [-0.39, 0.29) is 5.60 Å². The number of rotatable bonds is 0. The molecular formula is C8H16O. The topological polar surface area (TPSA) is 9.23 Å². The van der Waals surface area contributed by atoms with Crippen LogP contribution in [0.2, 0.25) is 0 Å². The monoisotopic (exact) mass is 128 g/mol. The van der Waals surface area contributed by atoms with E-state index in [1.54, 1.807) is 0 Å². The third-order valence-electron chi connectivity index (χ3n) is 1.94. The minimum absolute atomic E-state index is 0.150. The maximum absolute atomic E-state index is 5.54. The summed E-state index contributed by atoms with van der Waals surface area (Å²) in [5.74, 6) is 0.855. The van der Waals surface area contributed by atoms with Crippen molar-refractivity contribution in [3.05, 3.63) is 0 Å². The van der Waals surface area contributed by atoms with E-state index in [1.165, 1.54) is 12.8 Å². The Balaban J connectivity index is 2.41. The first-order valence-corrected chi connectivity index (χ1v) is 3.74. The predicted octanol–water partition coefficient (Wildman–Crippen LogP) is 2.21. The van der Waals surface area contributed by atoms with Crippen LogP contribution in [0.25, 0.3) is 0 Å². The Hall–Kier alpha value is -0.0400. The number of ether oxygens (including phenoxy) is 1. The molecule has 1 aliphatic heterocycles. The van der Waals surface area contributed by atoms with Gasteiger partial charge in [0.15, 0.2) is 0 Å². The van der Waals surface area contributed by atoms with Crippen molar-refractivity contribution < 1.29 is 4.74 Å². The first-order chi connectivity index (χ1) is 4.10. The molecule has 0 radical (unpaired) electrons. The summed E-state index contributed by atoms with van der Waals surface area (Å²) in [4.78, 5) is 0. The van der Waals surface area contributed by atoms with Crippen LogP contribution in [0.3, 0.4) is 0 Å². The molecule has 54 valence electrons. The second kappa shape index (κ2) is 2.30. The van der Waals surface area contributed by atoms with E-state index in [1.807, 2.05) is 0 Å². The SMILES string of the molecule is CC1CCOC(C)(C)C1. The molecule has 1 heteroatoms. The molecule has 0 bridgehead atoms. The first kappa shape index (κ1) is 7.07. The van der Waals surface area contributed by atoms with Gasteiger partial charge in [0.1, 0.15) is 0 Å². The normalized spacial score (nSPS) is 34.3. The van der Waals surface area contributed by atoms with Crippen LogP contribution in [0, 0.1) is 5.92 Å². The lowest BCUT2D eigenvalue weighted by atomic mass is 9.90. The fourth-order valence-electron chi connectivity index (χ4n) is 1.54.